The van der Waals surface area contributed by atoms with Gasteiger partial charge in [0.2, 0.25) is 0 Å². The van der Waals surface area contributed by atoms with Crippen molar-refractivity contribution in [2.45, 2.75) is 6.04 Å². The molecule has 5 rings (SSSR count). The van der Waals surface area contributed by atoms with Crippen molar-refractivity contribution in [2.75, 3.05) is 26.2 Å². The number of nitrogens with zero attached hydrogens (tertiary/aromatic N) is 4. The van der Waals surface area contributed by atoms with Gasteiger partial charge in [0.15, 0.2) is 0 Å². The summed E-state index contributed by atoms with van der Waals surface area (Å²) in [6.45, 7) is 2.97. The molecule has 0 bridgehead atoms. The molecule has 0 atom stereocenters. The van der Waals surface area contributed by atoms with Gasteiger partial charge in [-0.15, -0.1) is 0 Å². The molecule has 1 amide bonds. The van der Waals surface area contributed by atoms with Crippen LogP contribution in [0.4, 0.5) is 0 Å². The molecule has 160 valence electrons. The summed E-state index contributed by atoms with van der Waals surface area (Å²) in [6, 6.07) is 26.9. The molecule has 2 aromatic heterocycles. The number of hydrogen-bond acceptors (Lipinski definition) is 4. The van der Waals surface area contributed by atoms with Crippen molar-refractivity contribution in [3.63, 3.8) is 0 Å². The molecule has 32 heavy (non-hydrogen) atoms. The average Bonchev–Trinajstić information content (AvgIpc) is 3.37. The van der Waals surface area contributed by atoms with Gasteiger partial charge in [-0.25, -0.2) is 0 Å². The number of aromatic nitrogens is 3. The predicted molar refractivity (Wildman–Crippen MR) is 124 cm³/mol. The van der Waals surface area contributed by atoms with E-state index in [1.54, 1.807) is 12.4 Å². The van der Waals surface area contributed by atoms with Crippen molar-refractivity contribution in [2.24, 2.45) is 0 Å². The predicted octanol–water partition coefficient (Wildman–Crippen LogP) is 4.02. The number of carbonyl (C=O) groups is 1. The van der Waals surface area contributed by atoms with E-state index in [1.165, 1.54) is 11.1 Å². The summed E-state index contributed by atoms with van der Waals surface area (Å²) in [5, 5.41) is 7.21. The van der Waals surface area contributed by atoms with Gasteiger partial charge in [-0.05, 0) is 29.3 Å². The third-order valence-electron chi connectivity index (χ3n) is 5.96. The zero-order chi connectivity index (χ0) is 21.8. The van der Waals surface area contributed by atoms with Crippen LogP contribution < -0.4 is 0 Å². The van der Waals surface area contributed by atoms with Gasteiger partial charge in [0.25, 0.3) is 5.91 Å². The number of benzene rings is 2. The Labute approximate surface area is 187 Å². The molecule has 6 nitrogen and oxygen atoms in total. The van der Waals surface area contributed by atoms with Crippen LogP contribution in [-0.2, 0) is 0 Å². The molecule has 1 aliphatic heterocycles. The highest BCUT2D eigenvalue weighted by atomic mass is 16.2. The molecular formula is C26H25N5O. The van der Waals surface area contributed by atoms with Crippen LogP contribution in [0.1, 0.15) is 27.7 Å². The molecule has 4 aromatic rings. The lowest BCUT2D eigenvalue weighted by Gasteiger charge is -2.39. The maximum absolute atomic E-state index is 13.1. The van der Waals surface area contributed by atoms with E-state index in [0.29, 0.717) is 18.8 Å². The molecule has 0 saturated carbocycles. The van der Waals surface area contributed by atoms with E-state index >= 15 is 0 Å². The third-order valence-corrected chi connectivity index (χ3v) is 5.96. The van der Waals surface area contributed by atoms with Crippen molar-refractivity contribution in [1.82, 2.24) is 25.0 Å². The van der Waals surface area contributed by atoms with Gasteiger partial charge in [-0.1, -0.05) is 60.7 Å². The minimum Gasteiger partial charge on any atom is -0.335 e. The number of pyridine rings is 1. The highest BCUT2D eigenvalue weighted by molar-refractivity contribution is 5.93. The van der Waals surface area contributed by atoms with Gasteiger partial charge in [0, 0.05) is 44.1 Å². The summed E-state index contributed by atoms with van der Waals surface area (Å²) >= 11 is 0. The van der Waals surface area contributed by atoms with E-state index in [1.807, 2.05) is 35.2 Å². The number of hydrogen-bond donors (Lipinski definition) is 1. The largest absolute Gasteiger partial charge is 0.335 e. The summed E-state index contributed by atoms with van der Waals surface area (Å²) in [4.78, 5) is 21.6. The number of rotatable bonds is 5. The van der Waals surface area contributed by atoms with Crippen molar-refractivity contribution >= 4 is 5.91 Å². The second-order valence-corrected chi connectivity index (χ2v) is 7.96. The highest BCUT2D eigenvalue weighted by Gasteiger charge is 2.29. The van der Waals surface area contributed by atoms with Crippen LogP contribution in [0.15, 0.2) is 91.3 Å². The molecule has 0 spiro atoms. The zero-order valence-electron chi connectivity index (χ0n) is 17.8. The molecule has 3 heterocycles. The fourth-order valence-corrected chi connectivity index (χ4v) is 4.33. The van der Waals surface area contributed by atoms with E-state index in [-0.39, 0.29) is 11.9 Å². The maximum atomic E-state index is 13.1. The number of piperazine rings is 1. The summed E-state index contributed by atoms with van der Waals surface area (Å²) in [5.74, 6) is -0.0109. The molecule has 1 saturated heterocycles. The van der Waals surface area contributed by atoms with Crippen molar-refractivity contribution in [1.29, 1.82) is 0 Å². The van der Waals surface area contributed by atoms with Crippen molar-refractivity contribution in [3.05, 3.63) is 108 Å². The SMILES string of the molecule is O=C(c1cc(-c2cccnc2)n[nH]1)N1CCN(C(c2ccccc2)c2ccccc2)CC1. The van der Waals surface area contributed by atoms with Crippen molar-refractivity contribution < 1.29 is 4.79 Å². The van der Waals surface area contributed by atoms with Crippen LogP contribution in [0.5, 0.6) is 0 Å². The maximum Gasteiger partial charge on any atom is 0.271 e. The van der Waals surface area contributed by atoms with E-state index in [2.05, 4.69) is 68.6 Å². The number of amides is 1. The fraction of sp³-hybridized carbons (Fsp3) is 0.192. The van der Waals surface area contributed by atoms with Gasteiger partial charge < -0.3 is 4.90 Å². The Bertz CT molecular complexity index is 1110. The van der Waals surface area contributed by atoms with Gasteiger partial charge in [-0.2, -0.15) is 5.10 Å². The van der Waals surface area contributed by atoms with Crippen LogP contribution in [0, 0.1) is 0 Å². The Kier molecular flexibility index (Phi) is 5.77. The Morgan fingerprint density at radius 2 is 1.50 bits per heavy atom. The van der Waals surface area contributed by atoms with Gasteiger partial charge in [0.05, 0.1) is 11.7 Å². The highest BCUT2D eigenvalue weighted by Crippen LogP contribution is 2.29. The topological polar surface area (TPSA) is 65.1 Å². The number of carbonyl (C=O) groups excluding carboxylic acids is 1. The van der Waals surface area contributed by atoms with E-state index in [9.17, 15) is 4.79 Å². The van der Waals surface area contributed by atoms with E-state index in [4.69, 9.17) is 0 Å². The standard InChI is InChI=1S/C26H25N5O/c32-26(24-18-23(28-29-24)22-12-7-13-27-19-22)31-16-14-30(15-17-31)25(20-8-3-1-4-9-20)21-10-5-2-6-11-21/h1-13,18-19,25H,14-17H2,(H,28,29). The van der Waals surface area contributed by atoms with Crippen LogP contribution in [0.3, 0.4) is 0 Å². The average molecular weight is 424 g/mol. The fourth-order valence-electron chi connectivity index (χ4n) is 4.33. The normalized spacial score (nSPS) is 14.6. The van der Waals surface area contributed by atoms with Gasteiger partial charge >= 0.3 is 0 Å². The van der Waals surface area contributed by atoms with Crippen LogP contribution >= 0.6 is 0 Å². The first kappa shape index (κ1) is 20.2. The van der Waals surface area contributed by atoms with Crippen LogP contribution in [0.2, 0.25) is 0 Å². The molecule has 1 N–H and O–H groups in total. The molecule has 1 fully saturated rings. The van der Waals surface area contributed by atoms with Crippen LogP contribution in [0.25, 0.3) is 11.3 Å². The Morgan fingerprint density at radius 3 is 2.09 bits per heavy atom. The Morgan fingerprint density at radius 1 is 0.844 bits per heavy atom. The second-order valence-electron chi connectivity index (χ2n) is 7.96. The summed E-state index contributed by atoms with van der Waals surface area (Å²) in [7, 11) is 0. The van der Waals surface area contributed by atoms with Crippen LogP contribution in [-0.4, -0.2) is 57.1 Å². The lowest BCUT2D eigenvalue weighted by atomic mass is 9.96. The minimum atomic E-state index is -0.0109. The third kappa shape index (κ3) is 4.18. The molecule has 0 radical (unpaired) electrons. The monoisotopic (exact) mass is 423 g/mol. The van der Waals surface area contributed by atoms with E-state index in [0.717, 1.165) is 24.3 Å². The molecule has 6 heteroatoms. The summed E-state index contributed by atoms with van der Waals surface area (Å²) in [6.07, 6.45) is 3.47. The van der Waals surface area contributed by atoms with Gasteiger partial charge in [0.1, 0.15) is 5.69 Å². The lowest BCUT2D eigenvalue weighted by Crippen LogP contribution is -2.50. The summed E-state index contributed by atoms with van der Waals surface area (Å²) in [5.41, 5.74) is 4.68. The Hall–Kier alpha value is -3.77. The lowest BCUT2D eigenvalue weighted by molar-refractivity contribution is 0.0592. The molecule has 0 unspecified atom stereocenters. The first-order chi connectivity index (χ1) is 15.8. The number of nitrogens with one attached hydrogen (secondary N) is 1. The molecule has 2 aromatic carbocycles. The van der Waals surface area contributed by atoms with Gasteiger partial charge in [-0.3, -0.25) is 19.8 Å². The number of H-pyrrole nitrogens is 1. The zero-order valence-corrected chi connectivity index (χ0v) is 17.8. The van der Waals surface area contributed by atoms with E-state index < -0.39 is 0 Å². The Balaban J connectivity index is 1.30. The number of aromatic amines is 1. The quantitative estimate of drug-likeness (QED) is 0.527. The van der Waals surface area contributed by atoms with Crippen molar-refractivity contribution in [3.8, 4) is 11.3 Å². The smallest absolute Gasteiger partial charge is 0.271 e. The summed E-state index contributed by atoms with van der Waals surface area (Å²) < 4.78 is 0. The molecule has 0 aliphatic carbocycles. The second kappa shape index (κ2) is 9.16. The molecule has 1 aliphatic rings. The minimum absolute atomic E-state index is 0.0109. The first-order valence-corrected chi connectivity index (χ1v) is 10.9. The molecular weight excluding hydrogens is 398 g/mol. The first-order valence-electron chi connectivity index (χ1n) is 10.9.